The predicted molar refractivity (Wildman–Crippen MR) is 170 cm³/mol. The minimum absolute atomic E-state index is 0.0360. The van der Waals surface area contributed by atoms with Gasteiger partial charge in [0.25, 0.3) is 0 Å². The van der Waals surface area contributed by atoms with Gasteiger partial charge in [-0.25, -0.2) is 8.42 Å². The van der Waals surface area contributed by atoms with Gasteiger partial charge in [-0.05, 0) is 48.2 Å². The lowest BCUT2D eigenvalue weighted by Gasteiger charge is -2.34. The van der Waals surface area contributed by atoms with Crippen LogP contribution in [0.4, 0.5) is 5.69 Å². The van der Waals surface area contributed by atoms with Gasteiger partial charge in [-0.3, -0.25) is 13.9 Å². The third-order valence-corrected chi connectivity index (χ3v) is 8.93. The third kappa shape index (κ3) is 8.43. The van der Waals surface area contributed by atoms with Crippen LogP contribution in [0, 0.1) is 0 Å². The fourth-order valence-corrected chi connectivity index (χ4v) is 6.32. The van der Waals surface area contributed by atoms with E-state index >= 15 is 0 Å². The molecule has 0 bridgehead atoms. The smallest absolute Gasteiger partial charge is 0.244 e. The number of nitrogens with zero attached hydrogens (tertiary/aromatic N) is 2. The van der Waals surface area contributed by atoms with Crippen LogP contribution in [-0.4, -0.2) is 71.3 Å². The molecule has 1 N–H and O–H groups in total. The van der Waals surface area contributed by atoms with Gasteiger partial charge in [-0.1, -0.05) is 55.3 Å². The van der Waals surface area contributed by atoms with E-state index < -0.39 is 28.5 Å². The van der Waals surface area contributed by atoms with Crippen molar-refractivity contribution in [3.8, 4) is 17.2 Å². The highest BCUT2D eigenvalue weighted by Crippen LogP contribution is 2.32. The van der Waals surface area contributed by atoms with Gasteiger partial charge >= 0.3 is 0 Å². The minimum Gasteiger partial charge on any atom is -0.497 e. The first-order valence-corrected chi connectivity index (χ1v) is 16.4. The number of hydrogen-bond acceptors (Lipinski definition) is 7. The zero-order valence-electron chi connectivity index (χ0n) is 25.7. The van der Waals surface area contributed by atoms with Gasteiger partial charge in [-0.2, -0.15) is 0 Å². The second-order valence-electron chi connectivity index (χ2n) is 10.9. The quantitative estimate of drug-likeness (QED) is 0.287. The molecule has 3 aromatic rings. The van der Waals surface area contributed by atoms with E-state index in [9.17, 15) is 18.0 Å². The number of anilines is 1. The van der Waals surface area contributed by atoms with Crippen molar-refractivity contribution in [1.29, 1.82) is 0 Å². The topological polar surface area (TPSA) is 114 Å². The summed E-state index contributed by atoms with van der Waals surface area (Å²) in [6, 6.07) is 20.5. The lowest BCUT2D eigenvalue weighted by atomic mass is 10.0. The average Bonchev–Trinajstić information content (AvgIpc) is 3.54. The fraction of sp³-hybridized carbons (Fsp3) is 0.394. The number of hydrogen-bond donors (Lipinski definition) is 1. The lowest BCUT2D eigenvalue weighted by molar-refractivity contribution is -0.140. The van der Waals surface area contributed by atoms with E-state index in [1.807, 2.05) is 42.5 Å². The van der Waals surface area contributed by atoms with Crippen molar-refractivity contribution >= 4 is 27.5 Å². The summed E-state index contributed by atoms with van der Waals surface area (Å²) in [6.07, 6.45) is 5.14. The molecule has 0 spiro atoms. The molecule has 0 unspecified atom stereocenters. The molecule has 3 aromatic carbocycles. The number of rotatable bonds is 14. The molecule has 0 radical (unpaired) electrons. The van der Waals surface area contributed by atoms with Crippen molar-refractivity contribution in [2.75, 3.05) is 38.4 Å². The second kappa shape index (κ2) is 15.0. The van der Waals surface area contributed by atoms with Crippen LogP contribution in [0.2, 0.25) is 0 Å². The summed E-state index contributed by atoms with van der Waals surface area (Å²) in [5.41, 5.74) is 1.85. The molecule has 0 aliphatic heterocycles. The molecule has 11 heteroatoms. The van der Waals surface area contributed by atoms with E-state index in [0.717, 1.165) is 47.4 Å². The molecule has 1 fully saturated rings. The first-order valence-electron chi connectivity index (χ1n) is 14.6. The van der Waals surface area contributed by atoms with E-state index in [0.29, 0.717) is 17.2 Å². The second-order valence-corrected chi connectivity index (χ2v) is 12.8. The van der Waals surface area contributed by atoms with Gasteiger partial charge in [0.2, 0.25) is 21.8 Å². The van der Waals surface area contributed by atoms with Crippen LogP contribution in [0.1, 0.15) is 36.8 Å². The summed E-state index contributed by atoms with van der Waals surface area (Å²) in [5.74, 6) is 0.539. The maximum atomic E-state index is 14.3. The van der Waals surface area contributed by atoms with Crippen molar-refractivity contribution in [2.24, 2.45) is 0 Å². The van der Waals surface area contributed by atoms with Crippen molar-refractivity contribution in [2.45, 2.75) is 50.7 Å². The van der Waals surface area contributed by atoms with Crippen molar-refractivity contribution < 1.29 is 32.2 Å². The van der Waals surface area contributed by atoms with Gasteiger partial charge in [0.15, 0.2) is 11.5 Å². The summed E-state index contributed by atoms with van der Waals surface area (Å²) in [6.45, 7) is -0.463. The molecular weight excluding hydrogens is 582 g/mol. The van der Waals surface area contributed by atoms with Gasteiger partial charge in [0.05, 0.1) is 33.3 Å². The van der Waals surface area contributed by atoms with Gasteiger partial charge in [0, 0.05) is 25.1 Å². The van der Waals surface area contributed by atoms with Crippen LogP contribution in [-0.2, 0) is 32.6 Å². The summed E-state index contributed by atoms with van der Waals surface area (Å²) >= 11 is 0. The maximum absolute atomic E-state index is 14.3. The number of sulfonamides is 1. The Balaban J connectivity index is 1.75. The molecule has 0 aromatic heterocycles. The molecule has 0 heterocycles. The number of carbonyl (C=O) groups excluding carboxylic acids is 2. The number of methoxy groups -OCH3 is 3. The van der Waals surface area contributed by atoms with E-state index in [4.69, 9.17) is 14.2 Å². The minimum atomic E-state index is -3.93. The third-order valence-electron chi connectivity index (χ3n) is 7.79. The number of nitrogens with one attached hydrogen (secondary N) is 1. The Morgan fingerprint density at radius 2 is 1.55 bits per heavy atom. The Hall–Kier alpha value is -4.25. The zero-order chi connectivity index (χ0) is 31.7. The van der Waals surface area contributed by atoms with Gasteiger partial charge in [-0.15, -0.1) is 0 Å². The molecule has 1 aliphatic rings. The Kier molecular flexibility index (Phi) is 11.1. The number of amides is 2. The van der Waals surface area contributed by atoms with Crippen LogP contribution in [0.25, 0.3) is 0 Å². The molecule has 44 heavy (non-hydrogen) atoms. The van der Waals surface area contributed by atoms with Gasteiger partial charge < -0.3 is 24.4 Å². The normalized spacial score (nSPS) is 14.0. The Labute approximate surface area is 260 Å². The first kappa shape index (κ1) is 32.7. The fourth-order valence-electron chi connectivity index (χ4n) is 5.48. The highest BCUT2D eigenvalue weighted by molar-refractivity contribution is 7.92. The molecule has 10 nitrogen and oxygen atoms in total. The highest BCUT2D eigenvalue weighted by Gasteiger charge is 2.34. The van der Waals surface area contributed by atoms with E-state index in [1.165, 1.54) is 25.2 Å². The summed E-state index contributed by atoms with van der Waals surface area (Å²) in [7, 11) is 0.559. The molecule has 4 rings (SSSR count). The standard InChI is InChI=1S/C33H41N3O7S/c1-41-28-16-10-13-25(19-28)22-35(29(20-24-11-6-5-7-12-24)33(38)34-26-14-8-9-15-26)32(37)23-36(44(4,39)40)27-17-18-30(42-2)31(21-27)43-3/h5-7,10-13,16-19,21,26,29H,8-9,14-15,20,22-23H2,1-4H3,(H,34,38)/t29-/m1/s1. The van der Waals surface area contributed by atoms with Crippen LogP contribution in [0.3, 0.4) is 0 Å². The number of ether oxygens (including phenoxy) is 3. The van der Waals surface area contributed by atoms with Gasteiger partial charge in [0.1, 0.15) is 18.3 Å². The van der Waals surface area contributed by atoms with Crippen molar-refractivity contribution in [3.63, 3.8) is 0 Å². The number of benzene rings is 3. The maximum Gasteiger partial charge on any atom is 0.244 e. The monoisotopic (exact) mass is 623 g/mol. The summed E-state index contributed by atoms with van der Waals surface area (Å²) in [4.78, 5) is 29.8. The lowest BCUT2D eigenvalue weighted by Crippen LogP contribution is -2.54. The molecule has 1 aliphatic carbocycles. The summed E-state index contributed by atoms with van der Waals surface area (Å²) < 4.78 is 43.3. The molecule has 1 atom stereocenters. The first-order chi connectivity index (χ1) is 21.1. The molecular formula is C33H41N3O7S. The molecule has 1 saturated carbocycles. The Bertz CT molecular complexity index is 1530. The molecule has 0 saturated heterocycles. The Morgan fingerprint density at radius 1 is 0.864 bits per heavy atom. The summed E-state index contributed by atoms with van der Waals surface area (Å²) in [5, 5.41) is 3.17. The average molecular weight is 624 g/mol. The number of carbonyl (C=O) groups is 2. The highest BCUT2D eigenvalue weighted by atomic mass is 32.2. The van der Waals surface area contributed by atoms with E-state index in [2.05, 4.69) is 5.32 Å². The van der Waals surface area contributed by atoms with E-state index in [-0.39, 0.29) is 30.6 Å². The molecule has 236 valence electrons. The zero-order valence-corrected chi connectivity index (χ0v) is 26.5. The SMILES string of the molecule is COc1cccc(CN(C(=O)CN(c2ccc(OC)c(OC)c2)S(C)(=O)=O)[C@H](Cc2ccccc2)C(=O)NC2CCCC2)c1. The van der Waals surface area contributed by atoms with E-state index in [1.54, 1.807) is 31.4 Å². The van der Waals surface area contributed by atoms with Crippen LogP contribution in [0.5, 0.6) is 17.2 Å². The van der Waals surface area contributed by atoms with Crippen molar-refractivity contribution in [1.82, 2.24) is 10.2 Å². The van der Waals surface area contributed by atoms with Crippen LogP contribution in [0.15, 0.2) is 72.8 Å². The predicted octanol–water partition coefficient (Wildman–Crippen LogP) is 4.18. The van der Waals surface area contributed by atoms with Crippen LogP contribution >= 0.6 is 0 Å². The van der Waals surface area contributed by atoms with Crippen LogP contribution < -0.4 is 23.8 Å². The largest absolute Gasteiger partial charge is 0.497 e. The molecule has 2 amide bonds. The van der Waals surface area contributed by atoms with Crippen molar-refractivity contribution in [3.05, 3.63) is 83.9 Å². The Morgan fingerprint density at radius 3 is 2.18 bits per heavy atom.